The van der Waals surface area contributed by atoms with Crippen molar-refractivity contribution < 1.29 is 32.9 Å². The van der Waals surface area contributed by atoms with E-state index in [9.17, 15) is 28.2 Å². The van der Waals surface area contributed by atoms with Crippen molar-refractivity contribution in [3.05, 3.63) is 54.5 Å². The van der Waals surface area contributed by atoms with Crippen molar-refractivity contribution in [1.29, 1.82) is 5.41 Å². The van der Waals surface area contributed by atoms with Gasteiger partial charge in [-0.2, -0.15) is 8.78 Å². The highest BCUT2D eigenvalue weighted by Gasteiger charge is 2.35. The second-order valence-corrected chi connectivity index (χ2v) is 10.5. The number of aliphatic hydroxyl groups excluding tert-OH is 2. The maximum atomic E-state index is 13.1. The van der Waals surface area contributed by atoms with Gasteiger partial charge in [0.15, 0.2) is 11.6 Å². The maximum absolute atomic E-state index is 13.1. The summed E-state index contributed by atoms with van der Waals surface area (Å²) in [6, 6.07) is 8.01. The Morgan fingerprint density at radius 1 is 1.19 bits per heavy atom. The van der Waals surface area contributed by atoms with Crippen molar-refractivity contribution in [2.75, 3.05) is 29.9 Å². The van der Waals surface area contributed by atoms with Gasteiger partial charge >= 0.3 is 6.11 Å². The molecular weight excluding hydrogens is 549 g/mol. The first-order valence-electron chi connectivity index (χ1n) is 14.2. The number of carbonyl (C=O) groups is 1. The van der Waals surface area contributed by atoms with Gasteiger partial charge in [-0.3, -0.25) is 4.79 Å². The number of pyridine rings is 1. The van der Waals surface area contributed by atoms with Gasteiger partial charge in [-0.25, -0.2) is 9.37 Å². The Kier molecular flexibility index (Phi) is 13.0. The maximum Gasteiger partial charge on any atom is 0.394 e. The minimum atomic E-state index is -3.26. The average molecular weight is 593 g/mol. The fourth-order valence-electron chi connectivity index (χ4n) is 4.48. The molecule has 1 aliphatic heterocycles. The van der Waals surface area contributed by atoms with Crippen LogP contribution in [0.2, 0.25) is 0 Å². The van der Waals surface area contributed by atoms with Crippen LogP contribution in [-0.2, 0) is 4.79 Å². The lowest BCUT2D eigenvalue weighted by Crippen LogP contribution is -2.53. The minimum absolute atomic E-state index is 0.0287. The lowest BCUT2D eigenvalue weighted by Gasteiger charge is -2.44. The first-order valence-corrected chi connectivity index (χ1v) is 14.2. The van der Waals surface area contributed by atoms with E-state index in [1.165, 1.54) is 12.1 Å². The number of hydrogen-bond acceptors (Lipinski definition) is 8. The predicted molar refractivity (Wildman–Crippen MR) is 160 cm³/mol. The number of halogens is 3. The van der Waals surface area contributed by atoms with Gasteiger partial charge in [0.2, 0.25) is 0 Å². The Balaban J connectivity index is 0.000000592. The van der Waals surface area contributed by atoms with Crippen molar-refractivity contribution in [1.82, 2.24) is 4.98 Å². The minimum Gasteiger partial charge on any atom is -0.433 e. The van der Waals surface area contributed by atoms with Crippen LogP contribution in [0, 0.1) is 23.2 Å². The number of alkyl halides is 2. The Morgan fingerprint density at radius 3 is 2.24 bits per heavy atom. The molecule has 3 rings (SSSR count). The highest BCUT2D eigenvalue weighted by atomic mass is 19.3. The molecule has 8 nitrogen and oxygen atoms in total. The lowest BCUT2D eigenvalue weighted by atomic mass is 9.88. The van der Waals surface area contributed by atoms with Crippen LogP contribution >= 0.6 is 0 Å². The van der Waals surface area contributed by atoms with Gasteiger partial charge in [0.25, 0.3) is 0 Å². The molecule has 232 valence electrons. The van der Waals surface area contributed by atoms with E-state index in [4.69, 9.17) is 5.41 Å². The van der Waals surface area contributed by atoms with Crippen LogP contribution in [0.5, 0.6) is 5.75 Å². The number of Topliss-reactive ketones (excluding diaryl/α,β-unsaturated/α-hetero) is 1. The zero-order chi connectivity index (χ0) is 31.6. The second kappa shape index (κ2) is 15.7. The number of benzene rings is 1. The molecule has 42 heavy (non-hydrogen) atoms. The molecule has 1 aliphatic rings. The summed E-state index contributed by atoms with van der Waals surface area (Å²) in [6.07, 6.45) is -0.0769. The number of carbonyl (C=O) groups excluding carboxylic acids is 1. The first-order chi connectivity index (χ1) is 19.8. The van der Waals surface area contributed by atoms with Gasteiger partial charge in [-0.1, -0.05) is 34.3 Å². The third-order valence-corrected chi connectivity index (χ3v) is 7.32. The molecular formula is C31H43F3N4O4. The first kappa shape index (κ1) is 34.8. The number of nitrogens with one attached hydrogen (secondary N) is 2. The third-order valence-electron chi connectivity index (χ3n) is 7.32. The molecule has 0 radical (unpaired) electrons. The summed E-state index contributed by atoms with van der Waals surface area (Å²) in [7, 11) is 0. The summed E-state index contributed by atoms with van der Waals surface area (Å²) in [6.45, 7) is 12.1. The fourth-order valence-corrected chi connectivity index (χ4v) is 4.48. The number of hydrogen-bond donors (Lipinski definition) is 4. The normalized spacial score (nSPS) is 14.8. The largest absolute Gasteiger partial charge is 0.433 e. The molecule has 1 aromatic carbocycles. The SMILES string of the molecule is C=C(F)C(=O)C(C)CC.CCC(CC)C(=N)c1c(N2CC(C(O)CO)C2)ccnc1Nc1ccc(OC(C)(F)F)cc1. The van der Waals surface area contributed by atoms with E-state index < -0.39 is 23.8 Å². The molecule has 1 saturated heterocycles. The van der Waals surface area contributed by atoms with Crippen LogP contribution in [0.4, 0.5) is 30.4 Å². The van der Waals surface area contributed by atoms with Crippen LogP contribution in [0.25, 0.3) is 0 Å². The molecule has 4 N–H and O–H groups in total. The quantitative estimate of drug-likeness (QED) is 0.146. The molecule has 0 aliphatic carbocycles. The number of allylic oxidation sites excluding steroid dienone is 1. The summed E-state index contributed by atoms with van der Waals surface area (Å²) in [5, 5.41) is 31.3. The van der Waals surface area contributed by atoms with Gasteiger partial charge < -0.3 is 30.6 Å². The van der Waals surface area contributed by atoms with Crippen LogP contribution in [-0.4, -0.2) is 58.6 Å². The van der Waals surface area contributed by atoms with E-state index in [2.05, 4.69) is 26.5 Å². The summed E-state index contributed by atoms with van der Waals surface area (Å²) < 4.78 is 42.8. The monoisotopic (exact) mass is 592 g/mol. The van der Waals surface area contributed by atoms with Gasteiger partial charge in [0.1, 0.15) is 11.6 Å². The number of anilines is 3. The highest BCUT2D eigenvalue weighted by molar-refractivity contribution is 6.09. The Labute approximate surface area is 246 Å². The predicted octanol–water partition coefficient (Wildman–Crippen LogP) is 6.49. The molecule has 1 fully saturated rings. The van der Waals surface area contributed by atoms with Gasteiger partial charge in [-0.05, 0) is 49.6 Å². The van der Waals surface area contributed by atoms with Crippen LogP contribution < -0.4 is 15.0 Å². The molecule has 0 bridgehead atoms. The van der Waals surface area contributed by atoms with Gasteiger partial charge in [-0.15, -0.1) is 0 Å². The van der Waals surface area contributed by atoms with E-state index in [0.29, 0.717) is 49.2 Å². The standard InChI is InChI=1S/C24H32F2N4O3.C7H11FO/c1-4-15(5-2)22(27)21-19(30-12-16(13-30)20(32)14-31)10-11-28-23(21)29-17-6-8-18(9-7-17)33-24(3,25)26;1-4-5(2)7(9)6(3)8/h6-11,15-16,20,27,31-32H,4-5,12-14H2,1-3H3,(H,28,29);5H,3-4H2,1-2H3. The molecule has 0 spiro atoms. The van der Waals surface area contributed by atoms with Crippen molar-refractivity contribution in [2.45, 2.75) is 66.1 Å². The highest BCUT2D eigenvalue weighted by Crippen LogP contribution is 2.36. The summed E-state index contributed by atoms with van der Waals surface area (Å²) >= 11 is 0. The van der Waals surface area contributed by atoms with Gasteiger partial charge in [0.05, 0.1) is 24.0 Å². The van der Waals surface area contributed by atoms with Crippen LogP contribution in [0.3, 0.4) is 0 Å². The molecule has 2 atom stereocenters. The zero-order valence-corrected chi connectivity index (χ0v) is 25.0. The number of ether oxygens (including phenoxy) is 1. The number of ketones is 1. The summed E-state index contributed by atoms with van der Waals surface area (Å²) in [5.41, 5.74) is 2.63. The van der Waals surface area contributed by atoms with Crippen LogP contribution in [0.1, 0.15) is 59.4 Å². The number of nitrogens with zero attached hydrogens (tertiary/aromatic N) is 2. The Bertz CT molecular complexity index is 1190. The van der Waals surface area contributed by atoms with E-state index in [1.807, 2.05) is 26.8 Å². The van der Waals surface area contributed by atoms with Crippen LogP contribution in [0.15, 0.2) is 48.9 Å². The topological polar surface area (TPSA) is 119 Å². The second-order valence-electron chi connectivity index (χ2n) is 10.5. The van der Waals surface area contributed by atoms with E-state index in [1.54, 1.807) is 25.3 Å². The van der Waals surface area contributed by atoms with E-state index in [0.717, 1.165) is 18.5 Å². The molecule has 2 unspecified atom stereocenters. The molecule has 0 amide bonds. The van der Waals surface area contributed by atoms with E-state index >= 15 is 0 Å². The molecule has 2 heterocycles. The summed E-state index contributed by atoms with van der Waals surface area (Å²) in [5.74, 6) is -0.946. The lowest BCUT2D eigenvalue weighted by molar-refractivity contribution is -0.158. The number of rotatable bonds is 14. The van der Waals surface area contributed by atoms with E-state index in [-0.39, 0.29) is 30.1 Å². The van der Waals surface area contributed by atoms with Crippen molar-refractivity contribution in [3.63, 3.8) is 0 Å². The van der Waals surface area contributed by atoms with Crippen molar-refractivity contribution in [2.24, 2.45) is 17.8 Å². The number of aliphatic hydroxyl groups is 2. The molecule has 11 heteroatoms. The van der Waals surface area contributed by atoms with Gasteiger partial charge in [0, 0.05) is 55.4 Å². The number of aromatic nitrogens is 1. The summed E-state index contributed by atoms with van der Waals surface area (Å²) in [4.78, 5) is 17.2. The molecule has 2 aromatic rings. The third kappa shape index (κ3) is 9.55. The smallest absolute Gasteiger partial charge is 0.394 e. The van der Waals surface area contributed by atoms with Crippen molar-refractivity contribution >= 4 is 28.7 Å². The average Bonchev–Trinajstić information content (AvgIpc) is 2.92. The molecule has 0 saturated carbocycles. The zero-order valence-electron chi connectivity index (χ0n) is 25.0. The Morgan fingerprint density at radius 2 is 1.79 bits per heavy atom. The molecule has 1 aromatic heterocycles. The van der Waals surface area contributed by atoms with Crippen molar-refractivity contribution in [3.8, 4) is 5.75 Å². The fraction of sp³-hybridized carbons (Fsp3) is 0.516. The Hall–Kier alpha value is -3.44.